The molecule has 78 valence electrons. The van der Waals surface area contributed by atoms with E-state index in [4.69, 9.17) is 5.26 Å². The molecule has 0 saturated carbocycles. The van der Waals surface area contributed by atoms with E-state index in [1.807, 2.05) is 0 Å². The Hall–Kier alpha value is -1.43. The van der Waals surface area contributed by atoms with Gasteiger partial charge in [-0.25, -0.2) is 8.78 Å². The molecule has 0 bridgehead atoms. The quantitative estimate of drug-likeness (QED) is 0.730. The summed E-state index contributed by atoms with van der Waals surface area (Å²) in [6.45, 7) is 0. The van der Waals surface area contributed by atoms with Gasteiger partial charge in [0, 0.05) is 5.56 Å². The molecule has 0 spiro atoms. The monoisotopic (exact) mass is 207 g/mol. The highest BCUT2D eigenvalue weighted by Gasteiger charge is 2.32. The van der Waals surface area contributed by atoms with Gasteiger partial charge in [-0.3, -0.25) is 0 Å². The molecule has 15 heavy (non-hydrogen) atoms. The van der Waals surface area contributed by atoms with Crippen molar-refractivity contribution in [2.24, 2.45) is 0 Å². The van der Waals surface area contributed by atoms with Gasteiger partial charge < -0.3 is 0 Å². The summed E-state index contributed by atoms with van der Waals surface area (Å²) in [5.41, 5.74) is 2.17. The van der Waals surface area contributed by atoms with Gasteiger partial charge in [-0.05, 0) is 36.5 Å². The van der Waals surface area contributed by atoms with E-state index in [2.05, 4.69) is 0 Å². The van der Waals surface area contributed by atoms with E-state index in [1.165, 1.54) is 17.7 Å². The van der Waals surface area contributed by atoms with Gasteiger partial charge in [-0.15, -0.1) is 0 Å². The Labute approximate surface area is 87.3 Å². The third kappa shape index (κ3) is 1.85. The summed E-state index contributed by atoms with van der Waals surface area (Å²) < 4.78 is 26.8. The second-order valence-corrected chi connectivity index (χ2v) is 3.88. The maximum atomic E-state index is 13.4. The van der Waals surface area contributed by atoms with Crippen molar-refractivity contribution >= 4 is 0 Å². The number of rotatable bonds is 2. The van der Waals surface area contributed by atoms with Crippen LogP contribution in [0.2, 0.25) is 0 Å². The van der Waals surface area contributed by atoms with Crippen molar-refractivity contribution in [3.05, 3.63) is 34.9 Å². The second kappa shape index (κ2) is 3.62. The molecule has 1 aromatic carbocycles. The van der Waals surface area contributed by atoms with Crippen molar-refractivity contribution in [2.75, 3.05) is 0 Å². The molecule has 3 heteroatoms. The average molecular weight is 207 g/mol. The lowest BCUT2D eigenvalue weighted by molar-refractivity contribution is 0.000880. The van der Waals surface area contributed by atoms with Gasteiger partial charge >= 0.3 is 0 Å². The van der Waals surface area contributed by atoms with E-state index in [1.54, 1.807) is 12.1 Å². The number of alkyl halides is 2. The van der Waals surface area contributed by atoms with Crippen LogP contribution in [0, 0.1) is 11.3 Å². The number of nitrogens with zero attached hydrogens (tertiary/aromatic N) is 1. The fourth-order valence-electron chi connectivity index (χ4n) is 2.00. The van der Waals surface area contributed by atoms with E-state index in [9.17, 15) is 8.78 Å². The lowest BCUT2D eigenvalue weighted by atomic mass is 10.0. The zero-order valence-corrected chi connectivity index (χ0v) is 8.26. The number of benzene rings is 1. The van der Waals surface area contributed by atoms with E-state index in [0.717, 1.165) is 24.8 Å². The molecule has 0 saturated heterocycles. The van der Waals surface area contributed by atoms with Crippen LogP contribution in [0.3, 0.4) is 0 Å². The highest BCUT2D eigenvalue weighted by atomic mass is 19.3. The van der Waals surface area contributed by atoms with E-state index < -0.39 is 12.3 Å². The Morgan fingerprint density at radius 3 is 2.73 bits per heavy atom. The zero-order chi connectivity index (χ0) is 10.9. The minimum absolute atomic E-state index is 0.0234. The topological polar surface area (TPSA) is 23.8 Å². The molecule has 0 unspecified atom stereocenters. The van der Waals surface area contributed by atoms with Crippen LogP contribution in [0.4, 0.5) is 8.78 Å². The summed E-state index contributed by atoms with van der Waals surface area (Å²) in [7, 11) is 0. The van der Waals surface area contributed by atoms with Crippen LogP contribution in [-0.2, 0) is 18.8 Å². The Morgan fingerprint density at radius 2 is 2.00 bits per heavy atom. The fourth-order valence-corrected chi connectivity index (χ4v) is 2.00. The number of aryl methyl sites for hydroxylation is 2. The first-order valence-corrected chi connectivity index (χ1v) is 5.00. The van der Waals surface area contributed by atoms with Gasteiger partial charge in [0.2, 0.25) is 0 Å². The highest BCUT2D eigenvalue weighted by Crippen LogP contribution is 2.34. The van der Waals surface area contributed by atoms with Crippen LogP contribution in [0.5, 0.6) is 0 Å². The molecule has 0 aromatic heterocycles. The van der Waals surface area contributed by atoms with Crippen molar-refractivity contribution in [1.29, 1.82) is 5.26 Å². The van der Waals surface area contributed by atoms with Crippen LogP contribution in [0.1, 0.15) is 29.5 Å². The minimum Gasteiger partial charge on any atom is -0.200 e. The SMILES string of the molecule is N#CCC(F)(F)c1ccc2c(c1)CCC2. The van der Waals surface area contributed by atoms with E-state index in [-0.39, 0.29) is 5.56 Å². The van der Waals surface area contributed by atoms with Crippen LogP contribution in [0.15, 0.2) is 18.2 Å². The Morgan fingerprint density at radius 1 is 1.27 bits per heavy atom. The van der Waals surface area contributed by atoms with Crippen LogP contribution in [-0.4, -0.2) is 0 Å². The first-order valence-electron chi connectivity index (χ1n) is 5.00. The molecular formula is C12H11F2N. The maximum Gasteiger partial charge on any atom is 0.286 e. The van der Waals surface area contributed by atoms with Gasteiger partial charge in [0.1, 0.15) is 6.42 Å². The van der Waals surface area contributed by atoms with Gasteiger partial charge in [0.25, 0.3) is 5.92 Å². The molecule has 2 rings (SSSR count). The first kappa shape index (κ1) is 10.1. The molecule has 1 nitrogen and oxygen atoms in total. The summed E-state index contributed by atoms with van der Waals surface area (Å²) in [5.74, 6) is -3.01. The molecule has 1 aliphatic rings. The summed E-state index contributed by atoms with van der Waals surface area (Å²) in [6, 6.07) is 6.29. The Bertz CT molecular complexity index is 418. The number of hydrogen-bond acceptors (Lipinski definition) is 1. The number of fused-ring (bicyclic) bond motifs is 1. The molecule has 0 radical (unpaired) electrons. The number of hydrogen-bond donors (Lipinski definition) is 0. The van der Waals surface area contributed by atoms with E-state index >= 15 is 0 Å². The van der Waals surface area contributed by atoms with Crippen LogP contribution >= 0.6 is 0 Å². The summed E-state index contributed by atoms with van der Waals surface area (Å²) >= 11 is 0. The molecule has 0 atom stereocenters. The molecule has 0 amide bonds. The molecular weight excluding hydrogens is 196 g/mol. The van der Waals surface area contributed by atoms with Crippen molar-refractivity contribution in [3.63, 3.8) is 0 Å². The summed E-state index contributed by atoms with van der Waals surface area (Å²) in [4.78, 5) is 0. The minimum atomic E-state index is -3.01. The van der Waals surface area contributed by atoms with Crippen LogP contribution in [0.25, 0.3) is 0 Å². The Balaban J connectivity index is 2.34. The second-order valence-electron chi connectivity index (χ2n) is 3.88. The first-order chi connectivity index (χ1) is 7.13. The van der Waals surface area contributed by atoms with Gasteiger partial charge in [0.05, 0.1) is 6.07 Å². The predicted octanol–water partition coefficient (Wildman–Crippen LogP) is 3.18. The third-order valence-electron chi connectivity index (χ3n) is 2.82. The largest absolute Gasteiger partial charge is 0.286 e. The average Bonchev–Trinajstić information content (AvgIpc) is 2.63. The number of nitriles is 1. The standard InChI is InChI=1S/C12H11F2N/c13-12(14,6-7-15)11-5-4-9-2-1-3-10(9)8-11/h4-5,8H,1-3,6H2. The van der Waals surface area contributed by atoms with Gasteiger partial charge in [0.15, 0.2) is 0 Å². The van der Waals surface area contributed by atoms with Gasteiger partial charge in [-0.1, -0.05) is 12.1 Å². The number of halogens is 2. The lowest BCUT2D eigenvalue weighted by Gasteiger charge is -2.14. The molecule has 1 aromatic rings. The molecule has 0 heterocycles. The summed E-state index contributed by atoms with van der Waals surface area (Å²) in [5, 5.41) is 8.33. The van der Waals surface area contributed by atoms with Crippen molar-refractivity contribution in [1.82, 2.24) is 0 Å². The van der Waals surface area contributed by atoms with Crippen LogP contribution < -0.4 is 0 Å². The van der Waals surface area contributed by atoms with Crippen molar-refractivity contribution < 1.29 is 8.78 Å². The van der Waals surface area contributed by atoms with Crippen molar-refractivity contribution in [2.45, 2.75) is 31.6 Å². The van der Waals surface area contributed by atoms with Crippen molar-refractivity contribution in [3.8, 4) is 6.07 Å². The molecule has 0 aliphatic heterocycles. The third-order valence-corrected chi connectivity index (χ3v) is 2.82. The fraction of sp³-hybridized carbons (Fsp3) is 0.417. The summed E-state index contributed by atoms with van der Waals surface area (Å²) in [6.07, 6.45) is 2.17. The normalized spacial score (nSPS) is 14.7. The smallest absolute Gasteiger partial charge is 0.200 e. The van der Waals surface area contributed by atoms with Gasteiger partial charge in [-0.2, -0.15) is 5.26 Å². The highest BCUT2D eigenvalue weighted by molar-refractivity contribution is 5.37. The maximum absolute atomic E-state index is 13.4. The zero-order valence-electron chi connectivity index (χ0n) is 8.26. The Kier molecular flexibility index (Phi) is 2.44. The lowest BCUT2D eigenvalue weighted by Crippen LogP contribution is -2.12. The van der Waals surface area contributed by atoms with E-state index in [0.29, 0.717) is 0 Å². The molecule has 0 fully saturated rings. The predicted molar refractivity (Wildman–Crippen MR) is 52.6 cm³/mol. The molecule has 1 aliphatic carbocycles. The molecule has 0 N–H and O–H groups in total.